The van der Waals surface area contributed by atoms with Crippen molar-refractivity contribution in [3.05, 3.63) is 48.4 Å². The Morgan fingerprint density at radius 3 is 2.76 bits per heavy atom. The van der Waals surface area contributed by atoms with Gasteiger partial charge in [-0.1, -0.05) is 20.4 Å². The first-order chi connectivity index (χ1) is 17.9. The first-order valence-corrected chi connectivity index (χ1v) is 13.1. The number of amides is 1. The summed E-state index contributed by atoms with van der Waals surface area (Å²) in [6.07, 6.45) is 6.15. The summed E-state index contributed by atoms with van der Waals surface area (Å²) in [5.74, 6) is 1.69. The molecule has 0 radical (unpaired) electrons. The topological polar surface area (TPSA) is 97.5 Å². The number of piperazine rings is 1. The number of rotatable bonds is 8. The molecule has 8 heteroatoms. The molecule has 0 unspecified atom stereocenters. The summed E-state index contributed by atoms with van der Waals surface area (Å²) in [7, 11) is 1.63. The van der Waals surface area contributed by atoms with E-state index < -0.39 is 0 Å². The molecule has 4 heterocycles. The fourth-order valence-electron chi connectivity index (χ4n) is 5.29. The van der Waals surface area contributed by atoms with Gasteiger partial charge < -0.3 is 20.3 Å². The minimum absolute atomic E-state index is 0.0914. The number of nitrogen functional groups attached to an aromatic ring is 1. The number of ether oxygens (including phenoxy) is 1. The first-order valence-electron chi connectivity index (χ1n) is 13.1. The van der Waals surface area contributed by atoms with Gasteiger partial charge in [0, 0.05) is 49.8 Å². The normalized spacial score (nSPS) is 18.0. The molecule has 0 spiro atoms. The standard InChI is InChI=1S/C29H36N6O2/c1-5-20-15-22(21-7-6-11-31-28(21)32-20)23-16-24(30)29(33-27(23)19-8-9-19)34-12-13-35(25(17-34)18(2)3)26(36)10-14-37-4/h5-7,11,15-16,18-19,25H,1,8-10,12-14,17,30H2,2-4H3/t25-/m0/s1. The Bertz CT molecular complexity index is 1320. The molecule has 1 amide bonds. The Labute approximate surface area is 218 Å². The fraction of sp³-hybridized carbons (Fsp3) is 0.448. The molecule has 1 atom stereocenters. The van der Waals surface area contributed by atoms with Crippen LogP contribution in [-0.2, 0) is 9.53 Å². The van der Waals surface area contributed by atoms with Crippen molar-refractivity contribution in [2.24, 2.45) is 5.92 Å². The molecule has 194 valence electrons. The molecule has 3 aromatic heterocycles. The minimum atomic E-state index is 0.0914. The lowest BCUT2D eigenvalue weighted by Crippen LogP contribution is -2.57. The third-order valence-electron chi connectivity index (χ3n) is 7.46. The summed E-state index contributed by atoms with van der Waals surface area (Å²) in [5.41, 5.74) is 12.0. The number of carbonyl (C=O) groups is 1. The SMILES string of the molecule is C=Cc1cc(-c2cc(N)c(N3CCN(C(=O)CCOC)[C@H](C(C)C)C3)nc2C2CC2)c2cccnc2n1. The van der Waals surface area contributed by atoms with Gasteiger partial charge in [-0.2, -0.15) is 0 Å². The van der Waals surface area contributed by atoms with E-state index in [0.717, 1.165) is 46.6 Å². The molecule has 1 aliphatic carbocycles. The van der Waals surface area contributed by atoms with E-state index in [2.05, 4.69) is 47.4 Å². The summed E-state index contributed by atoms with van der Waals surface area (Å²) >= 11 is 0. The van der Waals surface area contributed by atoms with Crippen LogP contribution in [0.1, 0.15) is 50.4 Å². The van der Waals surface area contributed by atoms with Crippen molar-refractivity contribution in [1.29, 1.82) is 0 Å². The van der Waals surface area contributed by atoms with Crippen LogP contribution < -0.4 is 10.6 Å². The van der Waals surface area contributed by atoms with Gasteiger partial charge in [-0.25, -0.2) is 15.0 Å². The van der Waals surface area contributed by atoms with E-state index in [4.69, 9.17) is 15.5 Å². The van der Waals surface area contributed by atoms with Gasteiger partial charge in [0.25, 0.3) is 0 Å². The smallest absolute Gasteiger partial charge is 0.225 e. The van der Waals surface area contributed by atoms with E-state index in [1.54, 1.807) is 19.4 Å². The highest BCUT2D eigenvalue weighted by atomic mass is 16.5. The first kappa shape index (κ1) is 25.1. The molecule has 2 aliphatic rings. The Morgan fingerprint density at radius 1 is 1.24 bits per heavy atom. The molecule has 2 N–H and O–H groups in total. The summed E-state index contributed by atoms with van der Waals surface area (Å²) < 4.78 is 5.14. The van der Waals surface area contributed by atoms with Crippen LogP contribution in [0.15, 0.2) is 37.0 Å². The number of carbonyl (C=O) groups excluding carboxylic acids is 1. The maximum atomic E-state index is 12.9. The highest BCUT2D eigenvalue weighted by Crippen LogP contribution is 2.46. The van der Waals surface area contributed by atoms with Crippen LogP contribution in [0.5, 0.6) is 0 Å². The van der Waals surface area contributed by atoms with Gasteiger partial charge in [0.2, 0.25) is 5.91 Å². The fourth-order valence-corrected chi connectivity index (χ4v) is 5.29. The van der Waals surface area contributed by atoms with Crippen molar-refractivity contribution >= 4 is 34.5 Å². The molecule has 1 saturated heterocycles. The zero-order valence-corrected chi connectivity index (χ0v) is 22.0. The van der Waals surface area contributed by atoms with Crippen LogP contribution in [-0.4, -0.2) is 65.2 Å². The average molecular weight is 501 g/mol. The molecule has 8 nitrogen and oxygen atoms in total. The molecule has 0 bridgehead atoms. The maximum absolute atomic E-state index is 12.9. The molecule has 1 saturated carbocycles. The predicted molar refractivity (Wildman–Crippen MR) is 148 cm³/mol. The number of nitrogens with two attached hydrogens (primary N) is 1. The van der Waals surface area contributed by atoms with Gasteiger partial charge in [0.1, 0.15) is 0 Å². The lowest BCUT2D eigenvalue weighted by Gasteiger charge is -2.44. The Kier molecular flexibility index (Phi) is 7.11. The van der Waals surface area contributed by atoms with Crippen molar-refractivity contribution in [2.75, 3.05) is 44.0 Å². The quantitative estimate of drug-likeness (QED) is 0.486. The summed E-state index contributed by atoms with van der Waals surface area (Å²) in [6.45, 7) is 10.8. The zero-order valence-electron chi connectivity index (χ0n) is 22.0. The molecule has 5 rings (SSSR count). The van der Waals surface area contributed by atoms with E-state index >= 15 is 0 Å². The largest absolute Gasteiger partial charge is 0.396 e. The maximum Gasteiger partial charge on any atom is 0.225 e. The van der Waals surface area contributed by atoms with Gasteiger partial charge in [-0.15, -0.1) is 0 Å². The molecule has 37 heavy (non-hydrogen) atoms. The minimum Gasteiger partial charge on any atom is -0.396 e. The van der Waals surface area contributed by atoms with Gasteiger partial charge in [-0.05, 0) is 54.7 Å². The molecular weight excluding hydrogens is 464 g/mol. The second-order valence-corrected chi connectivity index (χ2v) is 10.4. The number of hydrogen-bond acceptors (Lipinski definition) is 7. The number of methoxy groups -OCH3 is 1. The van der Waals surface area contributed by atoms with Crippen molar-refractivity contribution in [3.63, 3.8) is 0 Å². The van der Waals surface area contributed by atoms with Gasteiger partial charge in [0.15, 0.2) is 11.5 Å². The number of aromatic nitrogens is 3. The van der Waals surface area contributed by atoms with Gasteiger partial charge in [0.05, 0.1) is 36.1 Å². The van der Waals surface area contributed by atoms with E-state index in [-0.39, 0.29) is 11.9 Å². The molecule has 1 aliphatic heterocycles. The molecule has 3 aromatic rings. The number of fused-ring (bicyclic) bond motifs is 1. The number of pyridine rings is 3. The number of nitrogens with zero attached hydrogens (tertiary/aromatic N) is 5. The highest BCUT2D eigenvalue weighted by molar-refractivity contribution is 5.95. The summed E-state index contributed by atoms with van der Waals surface area (Å²) in [5, 5.41) is 0.979. The second kappa shape index (κ2) is 10.5. The lowest BCUT2D eigenvalue weighted by atomic mass is 9.96. The van der Waals surface area contributed by atoms with E-state index in [1.165, 1.54) is 0 Å². The average Bonchev–Trinajstić information content (AvgIpc) is 3.76. The van der Waals surface area contributed by atoms with Gasteiger partial charge >= 0.3 is 0 Å². The number of anilines is 2. The molecule has 2 fully saturated rings. The summed E-state index contributed by atoms with van der Waals surface area (Å²) in [6, 6.07) is 8.20. The number of hydrogen-bond donors (Lipinski definition) is 1. The Balaban J connectivity index is 1.52. The van der Waals surface area contributed by atoms with Crippen LogP contribution >= 0.6 is 0 Å². The highest BCUT2D eigenvalue weighted by Gasteiger charge is 2.35. The van der Waals surface area contributed by atoms with Crippen LogP contribution in [0.4, 0.5) is 11.5 Å². The van der Waals surface area contributed by atoms with Crippen LogP contribution in [0.2, 0.25) is 0 Å². The zero-order chi connectivity index (χ0) is 26.1. The monoisotopic (exact) mass is 500 g/mol. The lowest BCUT2D eigenvalue weighted by molar-refractivity contribution is -0.135. The van der Waals surface area contributed by atoms with Crippen molar-refractivity contribution < 1.29 is 9.53 Å². The Hall–Kier alpha value is -3.52. The second-order valence-electron chi connectivity index (χ2n) is 10.4. The van der Waals surface area contributed by atoms with Crippen LogP contribution in [0.25, 0.3) is 28.2 Å². The third kappa shape index (κ3) is 5.03. The Morgan fingerprint density at radius 2 is 2.05 bits per heavy atom. The molecular formula is C29H36N6O2. The predicted octanol–water partition coefficient (Wildman–Crippen LogP) is 4.50. The van der Waals surface area contributed by atoms with Crippen molar-refractivity contribution in [2.45, 2.75) is 45.1 Å². The van der Waals surface area contributed by atoms with E-state index in [1.807, 2.05) is 17.0 Å². The van der Waals surface area contributed by atoms with Crippen LogP contribution in [0, 0.1) is 5.92 Å². The molecule has 0 aromatic carbocycles. The van der Waals surface area contributed by atoms with E-state index in [9.17, 15) is 4.79 Å². The van der Waals surface area contributed by atoms with Crippen LogP contribution in [0.3, 0.4) is 0 Å². The third-order valence-corrected chi connectivity index (χ3v) is 7.46. The van der Waals surface area contributed by atoms with E-state index in [0.29, 0.717) is 55.8 Å². The van der Waals surface area contributed by atoms with Gasteiger partial charge in [-0.3, -0.25) is 4.79 Å². The van der Waals surface area contributed by atoms with Crippen molar-refractivity contribution in [3.8, 4) is 11.1 Å². The summed E-state index contributed by atoms with van der Waals surface area (Å²) in [4.78, 5) is 31.5. The van der Waals surface area contributed by atoms with Crippen molar-refractivity contribution in [1.82, 2.24) is 19.9 Å².